The number of rotatable bonds is 2. The molecular weight excluding hydrogens is 244 g/mol. The molecule has 1 atom stereocenters. The van der Waals surface area contributed by atoms with Gasteiger partial charge in [0.05, 0.1) is 10.9 Å². The van der Waals surface area contributed by atoms with Gasteiger partial charge in [0.1, 0.15) is 0 Å². The molecule has 0 amide bonds. The first-order valence-corrected chi connectivity index (χ1v) is 7.32. The Hall–Kier alpha value is -1.20. The second-order valence-corrected chi connectivity index (χ2v) is 5.98. The number of nitrogens with two attached hydrogens (primary N) is 1. The number of hydrogen-bond acceptors (Lipinski definition) is 5. The van der Waals surface area contributed by atoms with Gasteiger partial charge in [0.25, 0.3) is 0 Å². The predicted octanol–water partition coefficient (Wildman–Crippen LogP) is 2.47. The molecule has 1 saturated heterocycles. The summed E-state index contributed by atoms with van der Waals surface area (Å²) in [6, 6.07) is 2.24. The molecule has 4 nitrogen and oxygen atoms in total. The van der Waals surface area contributed by atoms with Gasteiger partial charge < -0.3 is 10.6 Å². The van der Waals surface area contributed by atoms with E-state index in [9.17, 15) is 0 Å². The first-order valence-electron chi connectivity index (χ1n) is 6.51. The highest BCUT2D eigenvalue weighted by atomic mass is 32.1. The Kier molecular flexibility index (Phi) is 3.18. The van der Waals surface area contributed by atoms with Crippen LogP contribution in [0.1, 0.15) is 30.6 Å². The van der Waals surface area contributed by atoms with E-state index in [-0.39, 0.29) is 0 Å². The third-order valence-corrected chi connectivity index (χ3v) is 5.07. The molecule has 18 heavy (non-hydrogen) atoms. The van der Waals surface area contributed by atoms with Crippen LogP contribution < -0.4 is 5.73 Å². The highest BCUT2D eigenvalue weighted by molar-refractivity contribution is 7.19. The molecule has 5 heteroatoms. The van der Waals surface area contributed by atoms with Crippen LogP contribution in [0.15, 0.2) is 12.3 Å². The minimum atomic E-state index is 0.562. The maximum absolute atomic E-state index is 5.88. The Bertz CT molecular complexity index is 551. The average Bonchev–Trinajstić information content (AvgIpc) is 2.84. The second kappa shape index (κ2) is 4.82. The summed E-state index contributed by atoms with van der Waals surface area (Å²) in [6.45, 7) is 5.79. The van der Waals surface area contributed by atoms with Crippen molar-refractivity contribution in [3.05, 3.63) is 17.1 Å². The van der Waals surface area contributed by atoms with E-state index in [4.69, 9.17) is 5.73 Å². The molecule has 0 radical (unpaired) electrons. The smallest absolute Gasteiger partial charge is 0.164 e. The first kappa shape index (κ1) is 11.9. The summed E-state index contributed by atoms with van der Waals surface area (Å²) in [6.07, 6.45) is 4.38. The number of nitrogens with zero attached hydrogens (tertiary/aromatic N) is 3. The zero-order valence-corrected chi connectivity index (χ0v) is 11.4. The van der Waals surface area contributed by atoms with Crippen molar-refractivity contribution in [1.29, 1.82) is 0 Å². The summed E-state index contributed by atoms with van der Waals surface area (Å²) in [5.74, 6) is 1.21. The quantitative estimate of drug-likeness (QED) is 0.903. The molecule has 2 N–H and O–H groups in total. The lowest BCUT2D eigenvalue weighted by atomic mass is 9.96. The van der Waals surface area contributed by atoms with Gasteiger partial charge in [0.2, 0.25) is 0 Å². The molecule has 0 aromatic carbocycles. The Morgan fingerprint density at radius 1 is 1.56 bits per heavy atom. The van der Waals surface area contributed by atoms with Crippen molar-refractivity contribution in [3.63, 3.8) is 0 Å². The Morgan fingerprint density at radius 2 is 2.44 bits per heavy atom. The van der Waals surface area contributed by atoms with E-state index < -0.39 is 0 Å². The lowest BCUT2D eigenvalue weighted by Gasteiger charge is -2.31. The van der Waals surface area contributed by atoms with Crippen molar-refractivity contribution in [3.8, 4) is 0 Å². The number of anilines is 1. The topological polar surface area (TPSA) is 55.0 Å². The summed E-state index contributed by atoms with van der Waals surface area (Å²) < 4.78 is 1.09. The largest absolute Gasteiger partial charge is 0.381 e. The van der Waals surface area contributed by atoms with Crippen LogP contribution in [0.25, 0.3) is 10.1 Å². The molecular formula is C13H18N4S. The van der Waals surface area contributed by atoms with Gasteiger partial charge in [-0.3, -0.25) is 0 Å². The van der Waals surface area contributed by atoms with Crippen LogP contribution in [0, 0.1) is 0 Å². The van der Waals surface area contributed by atoms with E-state index in [2.05, 4.69) is 28.1 Å². The summed E-state index contributed by atoms with van der Waals surface area (Å²) in [4.78, 5) is 3.96. The SMILES string of the molecule is CCN1CCCC(c2cc3cnnc(N)c3s2)C1. The fourth-order valence-electron chi connectivity index (χ4n) is 2.70. The van der Waals surface area contributed by atoms with Crippen molar-refractivity contribution in [1.82, 2.24) is 15.1 Å². The van der Waals surface area contributed by atoms with Crippen LogP contribution in [0.2, 0.25) is 0 Å². The molecule has 3 rings (SSSR count). The van der Waals surface area contributed by atoms with Gasteiger partial charge in [-0.05, 0) is 32.0 Å². The molecule has 0 spiro atoms. The minimum Gasteiger partial charge on any atom is -0.381 e. The number of fused-ring (bicyclic) bond motifs is 1. The van der Waals surface area contributed by atoms with Crippen LogP contribution in [-0.2, 0) is 0 Å². The first-order chi connectivity index (χ1) is 8.78. The summed E-state index contributed by atoms with van der Waals surface area (Å²) in [5, 5.41) is 8.98. The number of likely N-dealkylation sites (tertiary alicyclic amines) is 1. The van der Waals surface area contributed by atoms with E-state index in [0.717, 1.165) is 16.6 Å². The van der Waals surface area contributed by atoms with E-state index in [1.807, 2.05) is 6.20 Å². The zero-order valence-electron chi connectivity index (χ0n) is 10.6. The van der Waals surface area contributed by atoms with Crippen molar-refractivity contribution < 1.29 is 0 Å². The second-order valence-electron chi connectivity index (χ2n) is 4.90. The lowest BCUT2D eigenvalue weighted by Crippen LogP contribution is -2.33. The monoisotopic (exact) mass is 262 g/mol. The Balaban J connectivity index is 1.92. The normalized spacial score (nSPS) is 21.5. The average molecular weight is 262 g/mol. The van der Waals surface area contributed by atoms with Crippen molar-refractivity contribution in [2.24, 2.45) is 0 Å². The third kappa shape index (κ3) is 2.08. The van der Waals surface area contributed by atoms with Gasteiger partial charge >= 0.3 is 0 Å². The number of hydrogen-bond donors (Lipinski definition) is 1. The number of nitrogen functional groups attached to an aromatic ring is 1. The Labute approximate surface area is 111 Å². The van der Waals surface area contributed by atoms with Gasteiger partial charge in [0.15, 0.2) is 5.82 Å². The Morgan fingerprint density at radius 3 is 3.22 bits per heavy atom. The number of likely N-dealkylation sites (N-methyl/N-ethyl adjacent to an activating group) is 1. The fourth-order valence-corrected chi connectivity index (χ4v) is 3.85. The standard InChI is InChI=1S/C13H18N4S/c1-2-17-5-3-4-9(8-17)11-6-10-7-15-16-13(14)12(10)18-11/h6-7,9H,2-5,8H2,1H3,(H2,14,16). The lowest BCUT2D eigenvalue weighted by molar-refractivity contribution is 0.219. The molecule has 0 bridgehead atoms. The molecule has 1 aliphatic heterocycles. The maximum Gasteiger partial charge on any atom is 0.164 e. The van der Waals surface area contributed by atoms with Crippen molar-refractivity contribution in [2.75, 3.05) is 25.4 Å². The molecule has 0 aliphatic carbocycles. The van der Waals surface area contributed by atoms with Gasteiger partial charge in [-0.2, -0.15) is 5.10 Å². The minimum absolute atomic E-state index is 0.562. The maximum atomic E-state index is 5.88. The van der Waals surface area contributed by atoms with Gasteiger partial charge in [-0.25, -0.2) is 0 Å². The van der Waals surface area contributed by atoms with Crippen LogP contribution in [0.5, 0.6) is 0 Å². The number of thiophene rings is 1. The summed E-state index contributed by atoms with van der Waals surface area (Å²) in [5.41, 5.74) is 5.88. The highest BCUT2D eigenvalue weighted by Crippen LogP contribution is 2.36. The van der Waals surface area contributed by atoms with Gasteiger partial charge in [-0.1, -0.05) is 6.92 Å². The van der Waals surface area contributed by atoms with Gasteiger partial charge in [-0.15, -0.1) is 16.4 Å². The fraction of sp³-hybridized carbons (Fsp3) is 0.538. The molecule has 96 valence electrons. The third-order valence-electron chi connectivity index (χ3n) is 3.73. The predicted molar refractivity (Wildman–Crippen MR) is 75.9 cm³/mol. The molecule has 1 unspecified atom stereocenters. The van der Waals surface area contributed by atoms with Crippen LogP contribution in [0.4, 0.5) is 5.82 Å². The summed E-state index contributed by atoms with van der Waals surface area (Å²) in [7, 11) is 0. The molecule has 1 aliphatic rings. The number of aromatic nitrogens is 2. The van der Waals surface area contributed by atoms with Crippen molar-refractivity contribution in [2.45, 2.75) is 25.7 Å². The molecule has 3 heterocycles. The van der Waals surface area contributed by atoms with Crippen molar-refractivity contribution >= 4 is 27.2 Å². The molecule has 2 aromatic heterocycles. The number of piperidine rings is 1. The van der Waals surface area contributed by atoms with E-state index in [1.54, 1.807) is 11.3 Å². The van der Waals surface area contributed by atoms with E-state index >= 15 is 0 Å². The molecule has 1 fully saturated rings. The molecule has 0 saturated carbocycles. The van der Waals surface area contributed by atoms with Crippen LogP contribution >= 0.6 is 11.3 Å². The van der Waals surface area contributed by atoms with E-state index in [0.29, 0.717) is 11.7 Å². The van der Waals surface area contributed by atoms with E-state index in [1.165, 1.54) is 30.8 Å². The van der Waals surface area contributed by atoms with Crippen LogP contribution in [0.3, 0.4) is 0 Å². The summed E-state index contributed by atoms with van der Waals surface area (Å²) >= 11 is 1.79. The highest BCUT2D eigenvalue weighted by Gasteiger charge is 2.22. The van der Waals surface area contributed by atoms with Gasteiger partial charge in [0, 0.05) is 22.7 Å². The zero-order chi connectivity index (χ0) is 12.5. The van der Waals surface area contributed by atoms with Crippen LogP contribution in [-0.4, -0.2) is 34.7 Å². The molecule has 2 aromatic rings.